The van der Waals surface area contributed by atoms with Crippen molar-refractivity contribution in [2.45, 2.75) is 33.4 Å². The van der Waals surface area contributed by atoms with Gasteiger partial charge in [0.2, 0.25) is 0 Å². The first-order valence-corrected chi connectivity index (χ1v) is 11.1. The van der Waals surface area contributed by atoms with E-state index in [2.05, 4.69) is 11.0 Å². The average Bonchev–Trinajstić information content (AvgIpc) is 2.80. The summed E-state index contributed by atoms with van der Waals surface area (Å²) in [5.74, 6) is 0.822. The molecule has 0 saturated heterocycles. The Hall–Kier alpha value is -3.08. The smallest absolute Gasteiger partial charge is 0.340 e. The molecule has 0 radical (unpaired) electrons. The van der Waals surface area contributed by atoms with Gasteiger partial charge in [-0.2, -0.15) is 0 Å². The first-order chi connectivity index (χ1) is 15.5. The fraction of sp³-hybridized carbons (Fsp3) is 0.222. The van der Waals surface area contributed by atoms with Crippen LogP contribution in [0.3, 0.4) is 0 Å². The Balaban J connectivity index is 1.51. The predicted molar refractivity (Wildman–Crippen MR) is 127 cm³/mol. The molecule has 0 unspecified atom stereocenters. The fourth-order valence-corrected chi connectivity index (χ4v) is 4.57. The average molecular weight is 446 g/mol. The van der Waals surface area contributed by atoms with Gasteiger partial charge in [0.1, 0.15) is 18.1 Å². The topological polar surface area (TPSA) is 42.7 Å². The largest absolute Gasteiger partial charge is 0.477 e. The van der Waals surface area contributed by atoms with Gasteiger partial charge in [0.15, 0.2) is 0 Å². The number of benzene rings is 3. The van der Waals surface area contributed by atoms with Gasteiger partial charge in [0, 0.05) is 46.6 Å². The van der Waals surface area contributed by atoms with Crippen LogP contribution in [0.2, 0.25) is 5.02 Å². The van der Waals surface area contributed by atoms with Crippen molar-refractivity contribution in [3.63, 3.8) is 0 Å². The van der Waals surface area contributed by atoms with E-state index in [4.69, 9.17) is 20.8 Å². The minimum atomic E-state index is -0.276. The molecule has 1 aliphatic heterocycles. The number of hydrogen-bond donors (Lipinski definition) is 0. The summed E-state index contributed by atoms with van der Waals surface area (Å²) < 4.78 is 11.9. The van der Waals surface area contributed by atoms with Crippen molar-refractivity contribution in [1.29, 1.82) is 0 Å². The molecule has 2 heterocycles. The zero-order valence-electron chi connectivity index (χ0n) is 18.2. The third-order valence-electron chi connectivity index (χ3n) is 6.16. The van der Waals surface area contributed by atoms with E-state index >= 15 is 0 Å². The van der Waals surface area contributed by atoms with E-state index in [9.17, 15) is 4.79 Å². The maximum Gasteiger partial charge on any atom is 0.340 e. The Morgan fingerprint density at radius 3 is 2.47 bits per heavy atom. The number of ether oxygens (including phenoxy) is 1. The lowest BCUT2D eigenvalue weighted by Gasteiger charge is -2.30. The molecule has 0 bridgehead atoms. The minimum Gasteiger partial charge on any atom is -0.477 e. The standard InChI is InChI=1S/C27H24ClNO3/c1-17-23-13-21-15-29(14-20-8-10-22(28)11-9-20)16-31-25(21)18(2)26(23)32-27(30)24(17)12-19-6-4-3-5-7-19/h3-11,13H,12,14-16H2,1-2H3. The summed E-state index contributed by atoms with van der Waals surface area (Å²) in [6, 6.07) is 20.0. The molecule has 162 valence electrons. The highest BCUT2D eigenvalue weighted by Gasteiger charge is 2.24. The molecule has 3 aromatic carbocycles. The SMILES string of the molecule is Cc1c(Cc2ccccc2)c(=O)oc2c(C)c3c(cc12)CN(Cc1ccc(Cl)cc1)CO3. The molecule has 0 atom stereocenters. The van der Waals surface area contributed by atoms with Crippen LogP contribution in [0.1, 0.15) is 33.4 Å². The Morgan fingerprint density at radius 2 is 1.72 bits per heavy atom. The fourth-order valence-electron chi connectivity index (χ4n) is 4.45. The van der Waals surface area contributed by atoms with Crippen molar-refractivity contribution in [2.75, 3.05) is 6.73 Å². The molecule has 1 aliphatic rings. The molecule has 4 aromatic rings. The zero-order valence-corrected chi connectivity index (χ0v) is 18.9. The molecular weight excluding hydrogens is 422 g/mol. The van der Waals surface area contributed by atoms with Crippen LogP contribution in [0.4, 0.5) is 0 Å². The lowest BCUT2D eigenvalue weighted by Crippen LogP contribution is -2.32. The second kappa shape index (κ2) is 8.45. The van der Waals surface area contributed by atoms with Gasteiger partial charge in [-0.05, 0) is 48.7 Å². The minimum absolute atomic E-state index is 0.276. The molecule has 0 N–H and O–H groups in total. The van der Waals surface area contributed by atoms with Crippen LogP contribution in [0.5, 0.6) is 5.75 Å². The van der Waals surface area contributed by atoms with E-state index in [0.29, 0.717) is 24.3 Å². The van der Waals surface area contributed by atoms with Gasteiger partial charge in [-0.3, -0.25) is 4.90 Å². The Kier molecular flexibility index (Phi) is 5.50. The molecule has 4 nitrogen and oxygen atoms in total. The van der Waals surface area contributed by atoms with E-state index in [1.807, 2.05) is 68.4 Å². The van der Waals surface area contributed by atoms with Crippen LogP contribution in [0.15, 0.2) is 69.9 Å². The quantitative estimate of drug-likeness (QED) is 0.361. The lowest BCUT2D eigenvalue weighted by molar-refractivity contribution is 0.0881. The zero-order chi connectivity index (χ0) is 22.2. The molecule has 32 heavy (non-hydrogen) atoms. The third-order valence-corrected chi connectivity index (χ3v) is 6.41. The molecule has 0 fully saturated rings. The molecular formula is C27H24ClNO3. The summed E-state index contributed by atoms with van der Waals surface area (Å²) in [7, 11) is 0. The summed E-state index contributed by atoms with van der Waals surface area (Å²) >= 11 is 6.01. The summed E-state index contributed by atoms with van der Waals surface area (Å²) in [4.78, 5) is 15.1. The van der Waals surface area contributed by atoms with E-state index in [1.165, 1.54) is 5.56 Å². The summed E-state index contributed by atoms with van der Waals surface area (Å²) in [6.07, 6.45) is 0.556. The van der Waals surface area contributed by atoms with E-state index in [0.717, 1.165) is 51.5 Å². The second-order valence-electron chi connectivity index (χ2n) is 8.41. The number of aryl methyl sites for hydroxylation is 2. The maximum absolute atomic E-state index is 12.8. The maximum atomic E-state index is 12.8. The van der Waals surface area contributed by atoms with Crippen molar-refractivity contribution >= 4 is 22.6 Å². The third kappa shape index (κ3) is 3.92. The highest BCUT2D eigenvalue weighted by Crippen LogP contribution is 2.36. The van der Waals surface area contributed by atoms with Crippen molar-refractivity contribution < 1.29 is 9.15 Å². The summed E-state index contributed by atoms with van der Waals surface area (Å²) in [5, 5.41) is 1.71. The Labute approximate surface area is 192 Å². The van der Waals surface area contributed by atoms with Gasteiger partial charge in [-0.25, -0.2) is 4.79 Å². The first-order valence-electron chi connectivity index (χ1n) is 10.7. The first kappa shape index (κ1) is 20.8. The number of halogens is 1. The normalized spacial score (nSPS) is 13.7. The van der Waals surface area contributed by atoms with Gasteiger partial charge in [-0.15, -0.1) is 0 Å². The monoisotopic (exact) mass is 445 g/mol. The van der Waals surface area contributed by atoms with E-state index in [1.54, 1.807) is 0 Å². The highest BCUT2D eigenvalue weighted by molar-refractivity contribution is 6.30. The number of fused-ring (bicyclic) bond motifs is 2. The number of hydrogen-bond acceptors (Lipinski definition) is 4. The molecule has 5 heteroatoms. The van der Waals surface area contributed by atoms with Crippen molar-refractivity contribution in [2.24, 2.45) is 0 Å². The van der Waals surface area contributed by atoms with Gasteiger partial charge in [0.25, 0.3) is 0 Å². The highest BCUT2D eigenvalue weighted by atomic mass is 35.5. The van der Waals surface area contributed by atoms with E-state index in [-0.39, 0.29) is 5.63 Å². The van der Waals surface area contributed by atoms with Crippen LogP contribution in [-0.4, -0.2) is 11.6 Å². The molecule has 5 rings (SSSR count). The van der Waals surface area contributed by atoms with Gasteiger partial charge >= 0.3 is 5.63 Å². The van der Waals surface area contributed by atoms with Crippen molar-refractivity contribution in [3.05, 3.63) is 109 Å². The number of rotatable bonds is 4. The van der Waals surface area contributed by atoms with Crippen LogP contribution >= 0.6 is 11.6 Å². The van der Waals surface area contributed by atoms with E-state index < -0.39 is 0 Å². The summed E-state index contributed by atoms with van der Waals surface area (Å²) in [6.45, 7) is 6.00. The second-order valence-corrected chi connectivity index (χ2v) is 8.85. The predicted octanol–water partition coefficient (Wildman–Crippen LogP) is 6.01. The van der Waals surface area contributed by atoms with Gasteiger partial charge in [-0.1, -0.05) is 54.1 Å². The van der Waals surface area contributed by atoms with Gasteiger partial charge < -0.3 is 9.15 Å². The van der Waals surface area contributed by atoms with Crippen LogP contribution in [0.25, 0.3) is 11.0 Å². The summed E-state index contributed by atoms with van der Waals surface area (Å²) in [5.41, 5.74) is 6.29. The van der Waals surface area contributed by atoms with Crippen LogP contribution < -0.4 is 10.4 Å². The van der Waals surface area contributed by atoms with Crippen LogP contribution in [0, 0.1) is 13.8 Å². The van der Waals surface area contributed by atoms with Gasteiger partial charge in [0.05, 0.1) is 0 Å². The molecule has 0 amide bonds. The molecule has 0 aliphatic carbocycles. The van der Waals surface area contributed by atoms with Crippen molar-refractivity contribution in [1.82, 2.24) is 4.90 Å². The Morgan fingerprint density at radius 1 is 0.969 bits per heavy atom. The molecule has 0 spiro atoms. The Bertz CT molecular complexity index is 1340. The number of nitrogens with zero attached hydrogens (tertiary/aromatic N) is 1. The van der Waals surface area contributed by atoms with Crippen molar-refractivity contribution in [3.8, 4) is 5.75 Å². The molecule has 1 aromatic heterocycles. The molecule has 0 saturated carbocycles. The van der Waals surface area contributed by atoms with Crippen LogP contribution in [-0.2, 0) is 19.5 Å². The lowest BCUT2D eigenvalue weighted by atomic mass is 9.96.